The molecule has 0 bridgehead atoms. The van der Waals surface area contributed by atoms with E-state index in [9.17, 15) is 29.5 Å². The number of hydrogen-bond acceptors (Lipinski definition) is 7. The van der Waals surface area contributed by atoms with Crippen molar-refractivity contribution in [1.29, 1.82) is 5.26 Å². The van der Waals surface area contributed by atoms with Crippen molar-refractivity contribution >= 4 is 23.8 Å². The molecule has 11 nitrogen and oxygen atoms in total. The molecule has 11 heteroatoms. The lowest BCUT2D eigenvalue weighted by atomic mass is 9.94. The number of phenolic OH excluding ortho intramolecular Hbond substituents is 1. The van der Waals surface area contributed by atoms with Gasteiger partial charge in [0.05, 0.1) is 6.07 Å². The zero-order valence-corrected chi connectivity index (χ0v) is 22.6. The summed E-state index contributed by atoms with van der Waals surface area (Å²) >= 11 is 0. The molecule has 2 unspecified atom stereocenters. The Kier molecular flexibility index (Phi) is 10.9. The quantitative estimate of drug-likeness (QED) is 0.337. The number of amides is 4. The van der Waals surface area contributed by atoms with Crippen LogP contribution in [0.15, 0.2) is 18.2 Å². The maximum absolute atomic E-state index is 13.8. The third-order valence-electron chi connectivity index (χ3n) is 6.24. The van der Waals surface area contributed by atoms with E-state index in [0.29, 0.717) is 11.1 Å². The van der Waals surface area contributed by atoms with E-state index in [1.54, 1.807) is 33.8 Å². The first kappa shape index (κ1) is 30.4. The number of alkyl carbamates (subject to hydrolysis) is 1. The fourth-order valence-corrected chi connectivity index (χ4v) is 4.42. The lowest BCUT2D eigenvalue weighted by Crippen LogP contribution is -2.54. The normalized spacial score (nSPS) is 15.4. The number of nitrogens with zero attached hydrogens (tertiary/aromatic N) is 2. The topological polar surface area (TPSA) is 175 Å². The third-order valence-corrected chi connectivity index (χ3v) is 6.24. The minimum Gasteiger partial charge on any atom is -0.508 e. The van der Waals surface area contributed by atoms with Crippen molar-refractivity contribution < 1.29 is 29.0 Å². The second-order valence-electron chi connectivity index (χ2n) is 10.6. The summed E-state index contributed by atoms with van der Waals surface area (Å²) in [7, 11) is 0. The highest BCUT2D eigenvalue weighted by Crippen LogP contribution is 2.28. The molecular formula is C27H39N5O6. The monoisotopic (exact) mass is 529 g/mol. The molecule has 0 spiro atoms. The standard InChI is InChI=1S/C27H39N5O6/c1-17-16-18(10-12-21(17)33)23(24(35)30-19-8-6-5-7-9-19)32(15-14-28)25(36)20(11-13-22(29)34)31-26(37)38-27(2,3)4/h10,12,16,19-20,23,33H,5-9,11,13,15H2,1-4H3,(H2,29,34)(H,30,35)(H,31,37). The molecule has 1 aromatic carbocycles. The van der Waals surface area contributed by atoms with Gasteiger partial charge in [-0.2, -0.15) is 5.26 Å². The molecule has 0 aromatic heterocycles. The van der Waals surface area contributed by atoms with Crippen molar-refractivity contribution in [2.24, 2.45) is 5.73 Å². The number of carbonyl (C=O) groups excluding carboxylic acids is 4. The summed E-state index contributed by atoms with van der Waals surface area (Å²) in [4.78, 5) is 52.6. The number of primary amides is 1. The van der Waals surface area contributed by atoms with Crippen LogP contribution in [0.1, 0.15) is 82.9 Å². The Bertz CT molecular complexity index is 1060. The van der Waals surface area contributed by atoms with Gasteiger partial charge in [0, 0.05) is 12.5 Å². The predicted molar refractivity (Wildman–Crippen MR) is 140 cm³/mol. The number of nitrogens with one attached hydrogen (secondary N) is 2. The third kappa shape index (κ3) is 9.25. The molecule has 0 heterocycles. The second-order valence-corrected chi connectivity index (χ2v) is 10.6. The minimum atomic E-state index is -1.28. The Balaban J connectivity index is 2.47. The van der Waals surface area contributed by atoms with Gasteiger partial charge in [-0.15, -0.1) is 0 Å². The van der Waals surface area contributed by atoms with Gasteiger partial charge in [0.1, 0.15) is 30.0 Å². The van der Waals surface area contributed by atoms with Gasteiger partial charge in [0.25, 0.3) is 0 Å². The highest BCUT2D eigenvalue weighted by atomic mass is 16.6. The molecule has 208 valence electrons. The van der Waals surface area contributed by atoms with E-state index in [1.807, 2.05) is 6.07 Å². The van der Waals surface area contributed by atoms with Gasteiger partial charge in [-0.3, -0.25) is 14.4 Å². The van der Waals surface area contributed by atoms with Crippen LogP contribution in [0.25, 0.3) is 0 Å². The van der Waals surface area contributed by atoms with Crippen LogP contribution in [0.3, 0.4) is 0 Å². The van der Waals surface area contributed by atoms with Crippen LogP contribution in [-0.2, 0) is 19.1 Å². The zero-order valence-electron chi connectivity index (χ0n) is 22.6. The first-order valence-electron chi connectivity index (χ1n) is 12.9. The first-order chi connectivity index (χ1) is 17.8. The number of rotatable bonds is 10. The summed E-state index contributed by atoms with van der Waals surface area (Å²) in [5, 5.41) is 25.1. The molecule has 38 heavy (non-hydrogen) atoms. The van der Waals surface area contributed by atoms with Gasteiger partial charge < -0.3 is 31.1 Å². The fourth-order valence-electron chi connectivity index (χ4n) is 4.42. The molecule has 5 N–H and O–H groups in total. The summed E-state index contributed by atoms with van der Waals surface area (Å²) in [5.74, 6) is -1.88. The van der Waals surface area contributed by atoms with E-state index in [2.05, 4.69) is 10.6 Å². The molecule has 2 atom stereocenters. The Labute approximate surface area is 223 Å². The number of benzene rings is 1. The Hall–Kier alpha value is -3.81. The molecule has 0 radical (unpaired) electrons. The average Bonchev–Trinajstić information content (AvgIpc) is 2.82. The van der Waals surface area contributed by atoms with Crippen molar-refractivity contribution in [3.8, 4) is 11.8 Å². The number of ether oxygens (including phenoxy) is 1. The molecule has 2 rings (SSSR count). The van der Waals surface area contributed by atoms with Gasteiger partial charge in [0.2, 0.25) is 17.7 Å². The van der Waals surface area contributed by atoms with Crippen molar-refractivity contribution in [2.45, 2.75) is 96.4 Å². The Morgan fingerprint density at radius 2 is 1.87 bits per heavy atom. The molecule has 0 aliphatic heterocycles. The average molecular weight is 530 g/mol. The molecule has 0 saturated heterocycles. The summed E-state index contributed by atoms with van der Waals surface area (Å²) in [6.07, 6.45) is 3.39. The van der Waals surface area contributed by atoms with Crippen molar-refractivity contribution in [3.63, 3.8) is 0 Å². The predicted octanol–water partition coefficient (Wildman–Crippen LogP) is 2.70. The summed E-state index contributed by atoms with van der Waals surface area (Å²) < 4.78 is 5.28. The van der Waals surface area contributed by atoms with E-state index in [0.717, 1.165) is 37.0 Å². The maximum atomic E-state index is 13.8. The zero-order chi connectivity index (χ0) is 28.5. The van der Waals surface area contributed by atoms with Crippen LogP contribution < -0.4 is 16.4 Å². The van der Waals surface area contributed by atoms with Gasteiger partial charge in [-0.05, 0) is 70.2 Å². The van der Waals surface area contributed by atoms with Crippen molar-refractivity contribution in [1.82, 2.24) is 15.5 Å². The summed E-state index contributed by atoms with van der Waals surface area (Å²) in [6, 6.07) is 3.88. The maximum Gasteiger partial charge on any atom is 0.408 e. The molecule has 1 aliphatic carbocycles. The summed E-state index contributed by atoms with van der Waals surface area (Å²) in [6.45, 7) is 6.17. The van der Waals surface area contributed by atoms with Crippen LogP contribution in [0, 0.1) is 18.3 Å². The van der Waals surface area contributed by atoms with Crippen LogP contribution in [0.2, 0.25) is 0 Å². The number of carbonyl (C=O) groups is 4. The number of aryl methyl sites for hydroxylation is 1. The summed E-state index contributed by atoms with van der Waals surface area (Å²) in [5.41, 5.74) is 5.32. The molecule has 1 saturated carbocycles. The van der Waals surface area contributed by atoms with E-state index in [-0.39, 0.29) is 24.6 Å². The molecular weight excluding hydrogens is 490 g/mol. The SMILES string of the molecule is Cc1cc(C(C(=O)NC2CCCCC2)N(CC#N)C(=O)C(CCC(N)=O)NC(=O)OC(C)(C)C)ccc1O. The Morgan fingerprint density at radius 1 is 1.21 bits per heavy atom. The lowest BCUT2D eigenvalue weighted by Gasteiger charge is -2.34. The second kappa shape index (κ2) is 13.7. The van der Waals surface area contributed by atoms with Gasteiger partial charge in [-0.25, -0.2) is 4.79 Å². The number of phenols is 1. The van der Waals surface area contributed by atoms with Crippen LogP contribution in [0.4, 0.5) is 4.79 Å². The largest absolute Gasteiger partial charge is 0.508 e. The minimum absolute atomic E-state index is 0.0178. The van der Waals surface area contributed by atoms with Crippen LogP contribution in [-0.4, -0.2) is 58.1 Å². The number of aromatic hydroxyl groups is 1. The molecule has 1 aromatic rings. The highest BCUT2D eigenvalue weighted by Gasteiger charge is 2.37. The van der Waals surface area contributed by atoms with Crippen LogP contribution in [0.5, 0.6) is 5.75 Å². The highest BCUT2D eigenvalue weighted by molar-refractivity contribution is 5.92. The molecule has 1 aliphatic rings. The van der Waals surface area contributed by atoms with E-state index in [4.69, 9.17) is 10.5 Å². The van der Waals surface area contributed by atoms with Crippen molar-refractivity contribution in [2.75, 3.05) is 6.54 Å². The smallest absolute Gasteiger partial charge is 0.408 e. The number of nitrogens with two attached hydrogens (primary N) is 1. The van der Waals surface area contributed by atoms with E-state index in [1.165, 1.54) is 12.1 Å². The van der Waals surface area contributed by atoms with Gasteiger partial charge in [-0.1, -0.05) is 25.3 Å². The fraction of sp³-hybridized carbons (Fsp3) is 0.593. The van der Waals surface area contributed by atoms with E-state index >= 15 is 0 Å². The molecule has 4 amide bonds. The van der Waals surface area contributed by atoms with E-state index < -0.39 is 48.0 Å². The molecule has 1 fully saturated rings. The van der Waals surface area contributed by atoms with Crippen molar-refractivity contribution in [3.05, 3.63) is 29.3 Å². The number of hydrogen-bond donors (Lipinski definition) is 4. The van der Waals surface area contributed by atoms with Crippen LogP contribution >= 0.6 is 0 Å². The first-order valence-corrected chi connectivity index (χ1v) is 12.9. The Morgan fingerprint density at radius 3 is 2.42 bits per heavy atom. The van der Waals surface area contributed by atoms with Gasteiger partial charge in [0.15, 0.2) is 0 Å². The lowest BCUT2D eigenvalue weighted by molar-refractivity contribution is -0.142. The van der Waals surface area contributed by atoms with Gasteiger partial charge >= 0.3 is 6.09 Å². The number of nitriles is 1.